The Bertz CT molecular complexity index is 246. The van der Waals surface area contributed by atoms with Crippen molar-refractivity contribution in [2.24, 2.45) is 5.92 Å². The predicted molar refractivity (Wildman–Crippen MR) is 49.4 cm³/mol. The molecule has 0 aromatic carbocycles. The molecule has 1 atom stereocenters. The summed E-state index contributed by atoms with van der Waals surface area (Å²) in [6, 6.07) is 0.259. The standard InChI is InChI=1S/C8H17NO2S/c1-4-12(10,11)9-6-5-8(9)7(2)3/h7-8H,4-6H2,1-3H3/t8-/m0/s1. The molecule has 3 nitrogen and oxygen atoms in total. The second kappa shape index (κ2) is 3.34. The molecule has 0 unspecified atom stereocenters. The molecule has 1 aliphatic rings. The maximum atomic E-state index is 11.4. The maximum absolute atomic E-state index is 11.4. The van der Waals surface area contributed by atoms with Crippen LogP contribution in [-0.4, -0.2) is 31.1 Å². The molecule has 0 aliphatic carbocycles. The largest absolute Gasteiger partial charge is 0.214 e. The number of hydrogen-bond donors (Lipinski definition) is 0. The van der Waals surface area contributed by atoms with Crippen LogP contribution in [0.3, 0.4) is 0 Å². The first-order valence-corrected chi connectivity index (χ1v) is 6.09. The van der Waals surface area contributed by atoms with Crippen molar-refractivity contribution in [3.8, 4) is 0 Å². The van der Waals surface area contributed by atoms with Crippen molar-refractivity contribution in [2.45, 2.75) is 33.2 Å². The van der Waals surface area contributed by atoms with Crippen LogP contribution in [0.4, 0.5) is 0 Å². The highest BCUT2D eigenvalue weighted by Crippen LogP contribution is 2.27. The zero-order valence-corrected chi connectivity index (χ0v) is 8.76. The third-order valence-corrected chi connectivity index (χ3v) is 4.40. The van der Waals surface area contributed by atoms with Crippen molar-refractivity contribution in [3.05, 3.63) is 0 Å². The van der Waals surface area contributed by atoms with Crippen LogP contribution >= 0.6 is 0 Å². The Hall–Kier alpha value is -0.0900. The Morgan fingerprint density at radius 1 is 1.50 bits per heavy atom. The van der Waals surface area contributed by atoms with E-state index in [4.69, 9.17) is 0 Å². The average Bonchev–Trinajstić information content (AvgIpc) is 1.82. The van der Waals surface area contributed by atoms with Gasteiger partial charge < -0.3 is 0 Å². The zero-order chi connectivity index (χ0) is 9.35. The lowest BCUT2D eigenvalue weighted by molar-refractivity contribution is 0.151. The number of rotatable bonds is 3. The van der Waals surface area contributed by atoms with Crippen LogP contribution in [0, 0.1) is 5.92 Å². The van der Waals surface area contributed by atoms with Gasteiger partial charge in [-0.2, -0.15) is 4.31 Å². The summed E-state index contributed by atoms with van der Waals surface area (Å²) in [5.74, 6) is 0.677. The molecule has 1 aliphatic heterocycles. The molecule has 0 aromatic heterocycles. The Balaban J connectivity index is 2.67. The maximum Gasteiger partial charge on any atom is 0.214 e. The summed E-state index contributed by atoms with van der Waals surface area (Å²) in [5.41, 5.74) is 0. The molecule has 72 valence electrons. The molecular formula is C8H17NO2S. The van der Waals surface area contributed by atoms with Gasteiger partial charge in [0.05, 0.1) is 5.75 Å². The quantitative estimate of drug-likeness (QED) is 0.669. The Kier molecular flexibility index (Phi) is 2.78. The summed E-state index contributed by atoms with van der Waals surface area (Å²) in [7, 11) is -2.92. The summed E-state index contributed by atoms with van der Waals surface area (Å²) in [4.78, 5) is 0. The van der Waals surface area contributed by atoms with Gasteiger partial charge in [-0.25, -0.2) is 8.42 Å². The van der Waals surface area contributed by atoms with E-state index in [1.54, 1.807) is 11.2 Å². The van der Waals surface area contributed by atoms with Gasteiger partial charge in [0.25, 0.3) is 0 Å². The molecule has 4 heteroatoms. The van der Waals surface area contributed by atoms with E-state index >= 15 is 0 Å². The second-order valence-corrected chi connectivity index (χ2v) is 5.82. The smallest absolute Gasteiger partial charge is 0.212 e. The molecule has 12 heavy (non-hydrogen) atoms. The SMILES string of the molecule is CCS(=O)(=O)N1CC[C@H]1C(C)C. The first kappa shape index (κ1) is 9.99. The molecule has 0 spiro atoms. The number of sulfonamides is 1. The third kappa shape index (κ3) is 1.64. The molecule has 1 fully saturated rings. The summed E-state index contributed by atoms with van der Waals surface area (Å²) in [6.07, 6.45) is 1.02. The van der Waals surface area contributed by atoms with E-state index in [0.717, 1.165) is 13.0 Å². The van der Waals surface area contributed by atoms with E-state index < -0.39 is 10.0 Å². The van der Waals surface area contributed by atoms with Crippen molar-refractivity contribution in [1.82, 2.24) is 4.31 Å². The molecule has 1 rings (SSSR count). The lowest BCUT2D eigenvalue weighted by Gasteiger charge is -2.42. The van der Waals surface area contributed by atoms with Crippen molar-refractivity contribution in [1.29, 1.82) is 0 Å². The van der Waals surface area contributed by atoms with Gasteiger partial charge in [-0.15, -0.1) is 0 Å². The van der Waals surface area contributed by atoms with Gasteiger partial charge >= 0.3 is 0 Å². The van der Waals surface area contributed by atoms with Crippen molar-refractivity contribution >= 4 is 10.0 Å². The van der Waals surface area contributed by atoms with Crippen LogP contribution in [0.25, 0.3) is 0 Å². The van der Waals surface area contributed by atoms with E-state index in [1.165, 1.54) is 0 Å². The molecule has 0 bridgehead atoms. The minimum atomic E-state index is -2.92. The lowest BCUT2D eigenvalue weighted by atomic mass is 9.95. The minimum absolute atomic E-state index is 0.232. The topological polar surface area (TPSA) is 37.4 Å². The number of hydrogen-bond acceptors (Lipinski definition) is 2. The average molecular weight is 191 g/mol. The molecule has 0 aromatic rings. The van der Waals surface area contributed by atoms with E-state index in [0.29, 0.717) is 5.92 Å². The van der Waals surface area contributed by atoms with Crippen LogP contribution in [0.2, 0.25) is 0 Å². The highest BCUT2D eigenvalue weighted by Gasteiger charge is 2.37. The fourth-order valence-corrected chi connectivity index (χ4v) is 3.04. The molecule has 0 saturated carbocycles. The Morgan fingerprint density at radius 2 is 2.08 bits per heavy atom. The van der Waals surface area contributed by atoms with Crippen LogP contribution in [0.5, 0.6) is 0 Å². The van der Waals surface area contributed by atoms with Crippen LogP contribution < -0.4 is 0 Å². The van der Waals surface area contributed by atoms with Crippen molar-refractivity contribution < 1.29 is 8.42 Å². The summed E-state index contributed by atoms with van der Waals surface area (Å²) in [5, 5.41) is 0. The fraction of sp³-hybridized carbons (Fsp3) is 1.00. The van der Waals surface area contributed by atoms with Crippen molar-refractivity contribution in [3.63, 3.8) is 0 Å². The molecule has 0 radical (unpaired) electrons. The molecule has 0 N–H and O–H groups in total. The summed E-state index contributed by atoms with van der Waals surface area (Å²) < 4.78 is 24.5. The Morgan fingerprint density at radius 3 is 2.33 bits per heavy atom. The van der Waals surface area contributed by atoms with Crippen LogP contribution in [-0.2, 0) is 10.0 Å². The zero-order valence-electron chi connectivity index (χ0n) is 7.95. The minimum Gasteiger partial charge on any atom is -0.212 e. The van der Waals surface area contributed by atoms with E-state index in [2.05, 4.69) is 13.8 Å². The highest BCUT2D eigenvalue weighted by atomic mass is 32.2. The monoisotopic (exact) mass is 191 g/mol. The van der Waals surface area contributed by atoms with Crippen LogP contribution in [0.1, 0.15) is 27.2 Å². The molecular weight excluding hydrogens is 174 g/mol. The normalized spacial score (nSPS) is 25.8. The summed E-state index contributed by atoms with van der Waals surface area (Å²) >= 11 is 0. The van der Waals surface area contributed by atoms with Gasteiger partial charge in [-0.1, -0.05) is 13.8 Å². The number of nitrogens with zero attached hydrogens (tertiary/aromatic N) is 1. The fourth-order valence-electron chi connectivity index (χ4n) is 1.56. The molecule has 0 amide bonds. The first-order valence-electron chi connectivity index (χ1n) is 4.48. The van der Waals surface area contributed by atoms with Gasteiger partial charge in [0.1, 0.15) is 0 Å². The van der Waals surface area contributed by atoms with Gasteiger partial charge in [0.15, 0.2) is 0 Å². The van der Waals surface area contributed by atoms with E-state index in [-0.39, 0.29) is 11.8 Å². The predicted octanol–water partition coefficient (Wildman–Crippen LogP) is 1.07. The second-order valence-electron chi connectivity index (χ2n) is 3.61. The van der Waals surface area contributed by atoms with Gasteiger partial charge in [0, 0.05) is 12.6 Å². The molecule has 1 saturated heterocycles. The lowest BCUT2D eigenvalue weighted by Crippen LogP contribution is -2.53. The summed E-state index contributed by atoms with van der Waals surface area (Å²) in [6.45, 7) is 6.56. The highest BCUT2D eigenvalue weighted by molar-refractivity contribution is 7.89. The van der Waals surface area contributed by atoms with Crippen LogP contribution in [0.15, 0.2) is 0 Å². The Labute approximate surface area is 74.8 Å². The molecule has 1 heterocycles. The van der Waals surface area contributed by atoms with E-state index in [1.807, 2.05) is 0 Å². The van der Waals surface area contributed by atoms with Gasteiger partial charge in [-0.05, 0) is 19.3 Å². The van der Waals surface area contributed by atoms with E-state index in [9.17, 15) is 8.42 Å². The third-order valence-electron chi connectivity index (χ3n) is 2.51. The van der Waals surface area contributed by atoms with Gasteiger partial charge in [0.2, 0.25) is 10.0 Å². The first-order chi connectivity index (χ1) is 5.49. The van der Waals surface area contributed by atoms with Crippen molar-refractivity contribution in [2.75, 3.05) is 12.3 Å². The van der Waals surface area contributed by atoms with Gasteiger partial charge in [-0.3, -0.25) is 0 Å².